The molecular weight excluding hydrogens is 651 g/mol. The van der Waals surface area contributed by atoms with Crippen molar-refractivity contribution >= 4 is 44.7 Å². The van der Waals surface area contributed by atoms with Crippen LogP contribution in [0.15, 0.2) is 96.7 Å². The first-order valence-corrected chi connectivity index (χ1v) is 17.6. The van der Waals surface area contributed by atoms with E-state index in [1.54, 1.807) is 37.6 Å². The minimum Gasteiger partial charge on any atom is -0.611 e. The van der Waals surface area contributed by atoms with Crippen molar-refractivity contribution in [2.75, 3.05) is 37.5 Å². The van der Waals surface area contributed by atoms with Gasteiger partial charge in [-0.25, -0.2) is 15.0 Å². The fourth-order valence-corrected chi connectivity index (χ4v) is 7.28. The third-order valence-electron chi connectivity index (χ3n) is 8.96. The molecule has 1 aliphatic rings. The molecule has 5 aromatic heterocycles. The lowest BCUT2D eigenvalue weighted by atomic mass is 10.1. The molecule has 12 nitrogen and oxygen atoms in total. The summed E-state index contributed by atoms with van der Waals surface area (Å²) >= 11 is -1.31. The molecule has 252 valence electrons. The molecule has 1 unspecified atom stereocenters. The van der Waals surface area contributed by atoms with E-state index in [1.165, 1.54) is 6.42 Å². The number of hydrogen-bond donors (Lipinski definition) is 1. The number of nitrogens with one attached hydrogen (secondary N) is 1. The largest absolute Gasteiger partial charge is 0.611 e. The van der Waals surface area contributed by atoms with Gasteiger partial charge in [0.1, 0.15) is 35.2 Å². The molecule has 1 atom stereocenters. The third kappa shape index (κ3) is 6.05. The Hall–Kier alpha value is -5.66. The van der Waals surface area contributed by atoms with Crippen molar-refractivity contribution in [3.05, 3.63) is 103 Å². The summed E-state index contributed by atoms with van der Waals surface area (Å²) in [5.74, 6) is 3.35. The maximum absolute atomic E-state index is 13.7. The molecule has 0 bridgehead atoms. The van der Waals surface area contributed by atoms with Crippen LogP contribution in [0.2, 0.25) is 0 Å². The Kier molecular flexibility index (Phi) is 8.43. The van der Waals surface area contributed by atoms with E-state index in [1.807, 2.05) is 72.5 Å². The van der Waals surface area contributed by atoms with Gasteiger partial charge in [-0.15, -0.1) is 0 Å². The Bertz CT molecular complexity index is 2340. The Morgan fingerprint density at radius 1 is 0.960 bits per heavy atom. The molecule has 1 saturated heterocycles. The quantitative estimate of drug-likeness (QED) is 0.164. The van der Waals surface area contributed by atoms with Crippen molar-refractivity contribution in [2.45, 2.75) is 23.6 Å². The summed E-state index contributed by atoms with van der Waals surface area (Å²) in [4.78, 5) is 21.8. The van der Waals surface area contributed by atoms with Crippen LogP contribution in [0.5, 0.6) is 11.5 Å². The van der Waals surface area contributed by atoms with E-state index < -0.39 is 11.2 Å². The Morgan fingerprint density at radius 2 is 1.84 bits per heavy atom. The molecule has 1 aliphatic heterocycles. The van der Waals surface area contributed by atoms with E-state index in [9.17, 15) is 4.55 Å². The maximum Gasteiger partial charge on any atom is 0.155 e. The van der Waals surface area contributed by atoms with Gasteiger partial charge in [-0.05, 0) is 66.1 Å². The Balaban J connectivity index is 1.11. The second kappa shape index (κ2) is 13.3. The van der Waals surface area contributed by atoms with E-state index in [4.69, 9.17) is 24.5 Å². The average molecular weight is 686 g/mol. The van der Waals surface area contributed by atoms with Gasteiger partial charge in [0, 0.05) is 79.5 Å². The molecular formula is C37H35N9O3S. The van der Waals surface area contributed by atoms with Crippen LogP contribution >= 0.6 is 0 Å². The van der Waals surface area contributed by atoms with Gasteiger partial charge in [-0.1, -0.05) is 0 Å². The normalized spacial score (nSPS) is 13.4. The van der Waals surface area contributed by atoms with Gasteiger partial charge in [0.15, 0.2) is 10.5 Å². The number of rotatable bonds is 11. The van der Waals surface area contributed by atoms with Crippen molar-refractivity contribution < 1.29 is 14.0 Å². The number of aromatic nitrogens is 7. The summed E-state index contributed by atoms with van der Waals surface area (Å²) in [5.41, 5.74) is 5.74. The molecule has 1 N–H and O–H groups in total. The first-order valence-electron chi connectivity index (χ1n) is 16.3. The molecule has 0 aliphatic carbocycles. The van der Waals surface area contributed by atoms with Gasteiger partial charge in [0.05, 0.1) is 42.7 Å². The van der Waals surface area contributed by atoms with Gasteiger partial charge in [0.2, 0.25) is 0 Å². The zero-order chi connectivity index (χ0) is 34.2. The number of aryl methyl sites for hydroxylation is 1. The summed E-state index contributed by atoms with van der Waals surface area (Å²) in [5, 5.41) is 10.0. The van der Waals surface area contributed by atoms with Gasteiger partial charge < -0.3 is 24.2 Å². The highest BCUT2D eigenvalue weighted by molar-refractivity contribution is 7.90. The molecule has 0 radical (unpaired) electrons. The molecule has 2 aromatic carbocycles. The number of hydrogen-bond acceptors (Lipinski definition) is 10. The van der Waals surface area contributed by atoms with Gasteiger partial charge in [-0.3, -0.25) is 14.2 Å². The third-order valence-corrected chi connectivity index (χ3v) is 10.3. The van der Waals surface area contributed by atoms with Crippen LogP contribution in [0, 0.1) is 0 Å². The smallest absolute Gasteiger partial charge is 0.155 e. The van der Waals surface area contributed by atoms with Crippen molar-refractivity contribution in [1.82, 2.24) is 34.3 Å². The number of ether oxygens (including phenoxy) is 2. The predicted molar refractivity (Wildman–Crippen MR) is 194 cm³/mol. The second-order valence-electron chi connectivity index (χ2n) is 12.1. The summed E-state index contributed by atoms with van der Waals surface area (Å²) in [6, 6.07) is 19.7. The van der Waals surface area contributed by atoms with Gasteiger partial charge in [0.25, 0.3) is 0 Å². The number of anilines is 2. The number of fused-ring (bicyclic) bond motifs is 2. The Morgan fingerprint density at radius 3 is 2.62 bits per heavy atom. The lowest BCUT2D eigenvalue weighted by molar-refractivity contribution is 0.391. The fourth-order valence-electron chi connectivity index (χ4n) is 6.19. The lowest BCUT2D eigenvalue weighted by Gasteiger charge is -2.32. The van der Waals surface area contributed by atoms with Crippen LogP contribution in [0.3, 0.4) is 0 Å². The molecule has 1 fully saturated rings. The summed E-state index contributed by atoms with van der Waals surface area (Å²) in [6.45, 7) is 2.51. The first-order chi connectivity index (χ1) is 24.5. The first kappa shape index (κ1) is 31.6. The zero-order valence-corrected chi connectivity index (χ0v) is 28.7. The van der Waals surface area contributed by atoms with Crippen molar-refractivity contribution in [3.63, 3.8) is 0 Å². The van der Waals surface area contributed by atoms with Gasteiger partial charge in [-0.2, -0.15) is 5.10 Å². The van der Waals surface area contributed by atoms with Crippen LogP contribution in [0.25, 0.3) is 38.9 Å². The Labute approximate surface area is 291 Å². The van der Waals surface area contributed by atoms with Crippen LogP contribution in [-0.2, 0) is 30.5 Å². The molecule has 0 spiro atoms. The van der Waals surface area contributed by atoms with E-state index >= 15 is 0 Å². The minimum absolute atomic E-state index is 0.302. The summed E-state index contributed by atoms with van der Waals surface area (Å²) in [7, 11) is 5.16. The maximum atomic E-state index is 13.7. The monoisotopic (exact) mass is 685 g/mol. The summed E-state index contributed by atoms with van der Waals surface area (Å²) in [6.07, 6.45) is 10.2. The average Bonchev–Trinajstić information content (AvgIpc) is 3.73. The minimum atomic E-state index is -1.31. The predicted octanol–water partition coefficient (Wildman–Crippen LogP) is 5.91. The van der Waals surface area contributed by atoms with Crippen molar-refractivity contribution in [1.29, 1.82) is 0 Å². The molecule has 13 heteroatoms. The number of nitrogens with zero attached hydrogens (tertiary/aromatic N) is 8. The highest BCUT2D eigenvalue weighted by atomic mass is 32.2. The summed E-state index contributed by atoms with van der Waals surface area (Å²) < 4.78 is 28.4. The molecule has 7 aromatic rings. The van der Waals surface area contributed by atoms with E-state index in [2.05, 4.69) is 32.3 Å². The molecule has 0 saturated carbocycles. The lowest BCUT2D eigenvalue weighted by Crippen LogP contribution is -2.37. The number of pyridine rings is 2. The fraction of sp³-hybridized carbons (Fsp3) is 0.216. The highest BCUT2D eigenvalue weighted by Crippen LogP contribution is 2.36. The van der Waals surface area contributed by atoms with Crippen LogP contribution in [-0.4, -0.2) is 66.1 Å². The van der Waals surface area contributed by atoms with Crippen LogP contribution in [0.4, 0.5) is 11.6 Å². The van der Waals surface area contributed by atoms with E-state index in [0.717, 1.165) is 73.9 Å². The topological polar surface area (TPSA) is 131 Å². The highest BCUT2D eigenvalue weighted by Gasteiger charge is 2.21. The zero-order valence-electron chi connectivity index (χ0n) is 27.9. The SMILES string of the molecule is COc1ccc(CNc2ncnc3c2c(-c2ccn(C)n2)cn3-c2cncc(C[S+]([O-])c3ccc4ccc(N5CCC5)nc4c3)c2)c(OC)c1. The number of benzene rings is 2. The molecule has 50 heavy (non-hydrogen) atoms. The van der Waals surface area contributed by atoms with E-state index in [0.29, 0.717) is 29.5 Å². The molecule has 6 heterocycles. The van der Waals surface area contributed by atoms with Crippen molar-refractivity contribution in [3.8, 4) is 28.4 Å². The number of methoxy groups -OCH3 is 2. The molecule has 8 rings (SSSR count). The standard InChI is InChI=1S/C37H35N9O3S/c1-44-14-11-31(43-44)30-21-46(37-35(30)36(40-23-41-37)39-19-26-5-8-28(48-2)16-33(26)49-3)27-15-24(18-38-20-27)22-50(47)29-9-6-25-7-10-34(42-32(25)17-29)45-12-4-13-45/h5-11,14-18,20-21,23H,4,12-13,19,22H2,1-3H3,(H,39,40,41). The molecule has 0 amide bonds. The van der Waals surface area contributed by atoms with Crippen LogP contribution in [0.1, 0.15) is 17.5 Å². The second-order valence-corrected chi connectivity index (χ2v) is 13.6. The van der Waals surface area contributed by atoms with Gasteiger partial charge >= 0.3 is 0 Å². The van der Waals surface area contributed by atoms with E-state index in [-0.39, 0.29) is 0 Å². The van der Waals surface area contributed by atoms with Crippen LogP contribution < -0.4 is 19.7 Å². The van der Waals surface area contributed by atoms with Crippen molar-refractivity contribution in [2.24, 2.45) is 7.05 Å².